The van der Waals surface area contributed by atoms with E-state index in [4.69, 9.17) is 9.47 Å². The molecule has 0 fully saturated rings. The van der Waals surface area contributed by atoms with E-state index >= 15 is 0 Å². The maximum Gasteiger partial charge on any atom is 0.338 e. The molecule has 134 valence electrons. The second-order valence-corrected chi connectivity index (χ2v) is 5.34. The average molecular weight is 363 g/mol. The summed E-state index contributed by atoms with van der Waals surface area (Å²) in [6.07, 6.45) is 1.58. The van der Waals surface area contributed by atoms with Crippen molar-refractivity contribution in [2.24, 2.45) is 0 Å². The Morgan fingerprint density at radius 3 is 2.65 bits per heavy atom. The van der Waals surface area contributed by atoms with Crippen LogP contribution in [0, 0.1) is 17.5 Å². The Hall–Kier alpha value is -3.29. The Labute approximate surface area is 146 Å². The van der Waals surface area contributed by atoms with Crippen molar-refractivity contribution in [3.05, 3.63) is 65.0 Å². The standard InChI is InChI=1S/C18H12F3NO4/c19-12-5-6-13(17(21)16(12)20)22-15(23)9-26-18(24)11-7-10-3-1-2-4-14(10)25-8-11/h1-7H,8-9H2,(H,22,23). The second-order valence-electron chi connectivity index (χ2n) is 5.34. The van der Waals surface area contributed by atoms with Gasteiger partial charge in [-0.2, -0.15) is 0 Å². The van der Waals surface area contributed by atoms with Crippen molar-refractivity contribution in [2.75, 3.05) is 18.5 Å². The third-order valence-corrected chi connectivity index (χ3v) is 3.54. The molecule has 0 saturated heterocycles. The molecule has 0 atom stereocenters. The SMILES string of the molecule is O=C(COC(=O)C1=Cc2ccccc2OC1)Nc1ccc(F)c(F)c1F. The van der Waals surface area contributed by atoms with Gasteiger partial charge in [-0.3, -0.25) is 4.79 Å². The molecule has 1 amide bonds. The largest absolute Gasteiger partial charge is 0.488 e. The number of carbonyl (C=O) groups excluding carboxylic acids is 2. The molecule has 1 N–H and O–H groups in total. The van der Waals surface area contributed by atoms with Crippen molar-refractivity contribution in [1.82, 2.24) is 0 Å². The number of carbonyl (C=O) groups is 2. The molecule has 2 aromatic carbocycles. The number of hydrogen-bond acceptors (Lipinski definition) is 4. The highest BCUT2D eigenvalue weighted by Crippen LogP contribution is 2.26. The number of para-hydroxylation sites is 1. The van der Waals surface area contributed by atoms with Gasteiger partial charge in [-0.05, 0) is 24.3 Å². The molecule has 0 aliphatic carbocycles. The first-order valence-electron chi connectivity index (χ1n) is 7.48. The number of esters is 1. The third kappa shape index (κ3) is 3.69. The van der Waals surface area contributed by atoms with E-state index in [0.717, 1.165) is 6.07 Å². The van der Waals surface area contributed by atoms with Gasteiger partial charge in [0.1, 0.15) is 12.4 Å². The maximum absolute atomic E-state index is 13.5. The predicted octanol–water partition coefficient (Wildman–Crippen LogP) is 3.06. The van der Waals surface area contributed by atoms with Crippen LogP contribution in [0.3, 0.4) is 0 Å². The van der Waals surface area contributed by atoms with Crippen LogP contribution >= 0.6 is 0 Å². The summed E-state index contributed by atoms with van der Waals surface area (Å²) in [5, 5.41) is 2.00. The van der Waals surface area contributed by atoms with Crippen LogP contribution in [-0.2, 0) is 14.3 Å². The number of anilines is 1. The molecule has 5 nitrogen and oxygen atoms in total. The molecule has 1 heterocycles. The first-order valence-corrected chi connectivity index (χ1v) is 7.48. The fourth-order valence-corrected chi connectivity index (χ4v) is 2.27. The lowest BCUT2D eigenvalue weighted by Crippen LogP contribution is -2.24. The lowest BCUT2D eigenvalue weighted by atomic mass is 10.1. The van der Waals surface area contributed by atoms with E-state index < -0.39 is 41.6 Å². The van der Waals surface area contributed by atoms with Crippen LogP contribution in [0.5, 0.6) is 5.75 Å². The summed E-state index contributed by atoms with van der Waals surface area (Å²) in [6, 6.07) is 8.59. The highest BCUT2D eigenvalue weighted by atomic mass is 19.2. The zero-order valence-corrected chi connectivity index (χ0v) is 13.2. The van der Waals surface area contributed by atoms with Crippen LogP contribution in [0.15, 0.2) is 42.0 Å². The van der Waals surface area contributed by atoms with Gasteiger partial charge in [0.2, 0.25) is 0 Å². The van der Waals surface area contributed by atoms with E-state index in [1.54, 1.807) is 30.3 Å². The molecule has 1 aliphatic rings. The third-order valence-electron chi connectivity index (χ3n) is 3.54. The van der Waals surface area contributed by atoms with Crippen LogP contribution in [0.25, 0.3) is 6.08 Å². The Bertz CT molecular complexity index is 911. The number of benzene rings is 2. The predicted molar refractivity (Wildman–Crippen MR) is 85.8 cm³/mol. The van der Waals surface area contributed by atoms with Gasteiger partial charge in [0.05, 0.1) is 11.3 Å². The fourth-order valence-electron chi connectivity index (χ4n) is 2.27. The Kier molecular flexibility index (Phi) is 4.92. The Morgan fingerprint density at radius 2 is 1.85 bits per heavy atom. The highest BCUT2D eigenvalue weighted by molar-refractivity contribution is 5.98. The molecule has 8 heteroatoms. The van der Waals surface area contributed by atoms with Gasteiger partial charge in [0.25, 0.3) is 5.91 Å². The number of rotatable bonds is 4. The Balaban J connectivity index is 1.59. The minimum Gasteiger partial charge on any atom is -0.488 e. The number of ether oxygens (including phenoxy) is 2. The summed E-state index contributed by atoms with van der Waals surface area (Å²) in [5.74, 6) is -5.68. The first kappa shape index (κ1) is 17.5. The second kappa shape index (κ2) is 7.30. The molecule has 2 aromatic rings. The molecule has 26 heavy (non-hydrogen) atoms. The monoisotopic (exact) mass is 363 g/mol. The van der Waals surface area contributed by atoms with Crippen LogP contribution in [-0.4, -0.2) is 25.1 Å². The average Bonchev–Trinajstić information content (AvgIpc) is 2.66. The van der Waals surface area contributed by atoms with Crippen molar-refractivity contribution in [1.29, 1.82) is 0 Å². The zero-order chi connectivity index (χ0) is 18.7. The number of nitrogens with one attached hydrogen (secondary N) is 1. The highest BCUT2D eigenvalue weighted by Gasteiger charge is 2.20. The topological polar surface area (TPSA) is 64.6 Å². The van der Waals surface area contributed by atoms with Crippen LogP contribution in [0.2, 0.25) is 0 Å². The molecule has 1 aliphatic heterocycles. The molecule has 0 radical (unpaired) electrons. The van der Waals surface area contributed by atoms with E-state index in [2.05, 4.69) is 0 Å². The van der Waals surface area contributed by atoms with Gasteiger partial charge in [-0.1, -0.05) is 18.2 Å². The summed E-state index contributed by atoms with van der Waals surface area (Å²) in [4.78, 5) is 23.7. The Morgan fingerprint density at radius 1 is 1.08 bits per heavy atom. The summed E-state index contributed by atoms with van der Waals surface area (Å²) in [7, 11) is 0. The smallest absolute Gasteiger partial charge is 0.338 e. The minimum atomic E-state index is -1.71. The first-order chi connectivity index (χ1) is 12.5. The summed E-state index contributed by atoms with van der Waals surface area (Å²) < 4.78 is 49.7. The molecular weight excluding hydrogens is 351 g/mol. The quantitative estimate of drug-likeness (QED) is 0.670. The number of amides is 1. The molecule has 0 bridgehead atoms. The van der Waals surface area contributed by atoms with Gasteiger partial charge in [0.15, 0.2) is 24.1 Å². The van der Waals surface area contributed by atoms with E-state index in [-0.39, 0.29) is 12.2 Å². The van der Waals surface area contributed by atoms with Crippen molar-refractivity contribution in [3.8, 4) is 5.75 Å². The summed E-state index contributed by atoms with van der Waals surface area (Å²) in [5.41, 5.74) is 0.341. The molecule has 0 aromatic heterocycles. The lowest BCUT2D eigenvalue weighted by Gasteiger charge is -2.16. The van der Waals surface area contributed by atoms with Gasteiger partial charge in [0, 0.05) is 5.56 Å². The van der Waals surface area contributed by atoms with Gasteiger partial charge < -0.3 is 14.8 Å². The van der Waals surface area contributed by atoms with E-state index in [1.165, 1.54) is 0 Å². The van der Waals surface area contributed by atoms with E-state index in [9.17, 15) is 22.8 Å². The normalized spacial score (nSPS) is 12.5. The van der Waals surface area contributed by atoms with E-state index in [0.29, 0.717) is 17.4 Å². The van der Waals surface area contributed by atoms with Crippen LogP contribution in [0.4, 0.5) is 18.9 Å². The van der Waals surface area contributed by atoms with Crippen LogP contribution < -0.4 is 10.1 Å². The van der Waals surface area contributed by atoms with Gasteiger partial charge >= 0.3 is 5.97 Å². The fraction of sp³-hybridized carbons (Fsp3) is 0.111. The minimum absolute atomic E-state index is 0.0186. The van der Waals surface area contributed by atoms with Gasteiger partial charge in [-0.15, -0.1) is 0 Å². The van der Waals surface area contributed by atoms with E-state index in [1.807, 2.05) is 5.32 Å². The zero-order valence-electron chi connectivity index (χ0n) is 13.2. The van der Waals surface area contributed by atoms with Gasteiger partial charge in [-0.25, -0.2) is 18.0 Å². The van der Waals surface area contributed by atoms with Crippen molar-refractivity contribution >= 4 is 23.6 Å². The number of hydrogen-bond donors (Lipinski definition) is 1. The van der Waals surface area contributed by atoms with Crippen molar-refractivity contribution in [2.45, 2.75) is 0 Å². The molecule has 3 rings (SSSR count). The summed E-state index contributed by atoms with van der Waals surface area (Å²) >= 11 is 0. The lowest BCUT2D eigenvalue weighted by molar-refractivity contribution is -0.143. The molecule has 0 spiro atoms. The maximum atomic E-state index is 13.5. The number of fused-ring (bicyclic) bond motifs is 1. The van der Waals surface area contributed by atoms with Crippen molar-refractivity contribution in [3.63, 3.8) is 0 Å². The molecular formula is C18H12F3NO4. The molecule has 0 unspecified atom stereocenters. The number of halogens is 3. The molecule has 0 saturated carbocycles. The van der Waals surface area contributed by atoms with Crippen LogP contribution in [0.1, 0.15) is 5.56 Å². The van der Waals surface area contributed by atoms with Crippen molar-refractivity contribution < 1.29 is 32.2 Å². The summed E-state index contributed by atoms with van der Waals surface area (Å²) in [6.45, 7) is -0.745.